The molecule has 4 heteroatoms. The molecule has 0 aliphatic rings. The predicted octanol–water partition coefficient (Wildman–Crippen LogP) is 2.64. The largest absolute Gasteiger partial charge is 0.294 e. The lowest BCUT2D eigenvalue weighted by atomic mass is 10.1. The van der Waals surface area contributed by atoms with Gasteiger partial charge in [0.05, 0.1) is 6.42 Å². The van der Waals surface area contributed by atoms with Crippen LogP contribution in [0.1, 0.15) is 37.3 Å². The zero-order valence-electron chi connectivity index (χ0n) is 10.9. The third-order valence-corrected chi connectivity index (χ3v) is 3.82. The third kappa shape index (κ3) is 6.07. The van der Waals surface area contributed by atoms with E-state index in [9.17, 15) is 4.79 Å². The molecule has 100 valence electrons. The number of benzene rings is 1. The van der Waals surface area contributed by atoms with Crippen molar-refractivity contribution in [3.8, 4) is 0 Å². The minimum atomic E-state index is -0.156. The van der Waals surface area contributed by atoms with Crippen LogP contribution < -0.4 is 11.3 Å². The summed E-state index contributed by atoms with van der Waals surface area (Å²) in [5, 5.41) is 0. The van der Waals surface area contributed by atoms with Gasteiger partial charge in [0.25, 0.3) is 0 Å². The second-order valence-corrected chi connectivity index (χ2v) is 5.43. The summed E-state index contributed by atoms with van der Waals surface area (Å²) in [7, 11) is 0. The molecule has 3 N–H and O–H groups in total. The number of hydrogen-bond acceptors (Lipinski definition) is 3. The van der Waals surface area contributed by atoms with E-state index in [1.807, 2.05) is 23.9 Å². The minimum Gasteiger partial charge on any atom is -0.294 e. The molecule has 1 amide bonds. The molecule has 0 spiro atoms. The highest BCUT2D eigenvalue weighted by atomic mass is 32.2. The summed E-state index contributed by atoms with van der Waals surface area (Å²) in [4.78, 5) is 11.1. The highest BCUT2D eigenvalue weighted by Crippen LogP contribution is 2.15. The van der Waals surface area contributed by atoms with Gasteiger partial charge in [0.15, 0.2) is 0 Å². The fourth-order valence-corrected chi connectivity index (χ4v) is 2.61. The molecule has 0 saturated heterocycles. The molecule has 0 bridgehead atoms. The molecule has 3 nitrogen and oxygen atoms in total. The molecule has 0 fully saturated rings. The number of nitrogens with one attached hydrogen (secondary N) is 1. The van der Waals surface area contributed by atoms with Crippen molar-refractivity contribution in [1.29, 1.82) is 0 Å². The smallest absolute Gasteiger partial charge is 0.238 e. The van der Waals surface area contributed by atoms with Gasteiger partial charge in [-0.15, -0.1) is 0 Å². The van der Waals surface area contributed by atoms with Crippen LogP contribution in [0.4, 0.5) is 0 Å². The van der Waals surface area contributed by atoms with Crippen LogP contribution in [-0.2, 0) is 17.0 Å². The van der Waals surface area contributed by atoms with E-state index >= 15 is 0 Å². The second-order valence-electron chi connectivity index (χ2n) is 4.32. The molecule has 0 aliphatic carbocycles. The van der Waals surface area contributed by atoms with E-state index in [1.54, 1.807) is 0 Å². The van der Waals surface area contributed by atoms with Crippen LogP contribution in [0.3, 0.4) is 0 Å². The fourth-order valence-electron chi connectivity index (χ4n) is 1.63. The van der Waals surface area contributed by atoms with E-state index in [-0.39, 0.29) is 5.91 Å². The van der Waals surface area contributed by atoms with E-state index in [4.69, 9.17) is 5.84 Å². The van der Waals surface area contributed by atoms with Crippen molar-refractivity contribution >= 4 is 17.7 Å². The number of hydrazine groups is 1. The van der Waals surface area contributed by atoms with E-state index in [0.29, 0.717) is 6.42 Å². The Kier molecular flexibility index (Phi) is 7.53. The molecule has 1 aromatic carbocycles. The normalized spacial score (nSPS) is 10.3. The Morgan fingerprint density at radius 2 is 1.89 bits per heavy atom. The standard InChI is InChI=1S/C14H22N2OS/c1-2-3-4-9-18-11-13-7-5-12(6-8-13)10-14(17)16-15/h5-8H,2-4,9-11,15H2,1H3,(H,16,17). The lowest BCUT2D eigenvalue weighted by Crippen LogP contribution is -2.31. The van der Waals surface area contributed by atoms with Gasteiger partial charge in [-0.1, -0.05) is 44.0 Å². The van der Waals surface area contributed by atoms with Crippen LogP contribution >= 0.6 is 11.8 Å². The molecule has 0 atom stereocenters. The van der Waals surface area contributed by atoms with Gasteiger partial charge in [0.2, 0.25) is 5.91 Å². The van der Waals surface area contributed by atoms with Gasteiger partial charge in [-0.05, 0) is 23.3 Å². The first-order chi connectivity index (χ1) is 8.76. The first kappa shape index (κ1) is 15.1. The number of rotatable bonds is 8. The SMILES string of the molecule is CCCCCSCc1ccc(CC(=O)NN)cc1. The fraction of sp³-hybridized carbons (Fsp3) is 0.500. The molecule has 0 radical (unpaired) electrons. The maximum atomic E-state index is 11.1. The maximum absolute atomic E-state index is 11.1. The second kappa shape index (κ2) is 9.00. The molecule has 0 unspecified atom stereocenters. The number of hydrogen-bond donors (Lipinski definition) is 2. The van der Waals surface area contributed by atoms with Gasteiger partial charge in [0, 0.05) is 5.75 Å². The average molecular weight is 266 g/mol. The highest BCUT2D eigenvalue weighted by molar-refractivity contribution is 7.98. The van der Waals surface area contributed by atoms with Gasteiger partial charge < -0.3 is 0 Å². The Labute approximate surface area is 113 Å². The van der Waals surface area contributed by atoms with Crippen LogP contribution in [0, 0.1) is 0 Å². The van der Waals surface area contributed by atoms with E-state index in [0.717, 1.165) is 11.3 Å². The number of unbranched alkanes of at least 4 members (excludes halogenated alkanes) is 2. The zero-order chi connectivity index (χ0) is 13.2. The van der Waals surface area contributed by atoms with Crippen molar-refractivity contribution < 1.29 is 4.79 Å². The molecule has 0 saturated carbocycles. The monoisotopic (exact) mass is 266 g/mol. The molecule has 0 aliphatic heterocycles. The topological polar surface area (TPSA) is 55.1 Å². The van der Waals surface area contributed by atoms with Gasteiger partial charge in [-0.2, -0.15) is 11.8 Å². The number of thioether (sulfide) groups is 1. The molecule has 0 aromatic heterocycles. The first-order valence-corrected chi connectivity index (χ1v) is 7.56. The molecular weight excluding hydrogens is 244 g/mol. The summed E-state index contributed by atoms with van der Waals surface area (Å²) < 4.78 is 0. The van der Waals surface area contributed by atoms with Gasteiger partial charge in [-0.25, -0.2) is 5.84 Å². The Hall–Kier alpha value is -1.00. The van der Waals surface area contributed by atoms with E-state index in [2.05, 4.69) is 24.5 Å². The molecule has 0 heterocycles. The van der Waals surface area contributed by atoms with Crippen molar-refractivity contribution in [2.24, 2.45) is 5.84 Å². The Morgan fingerprint density at radius 1 is 1.22 bits per heavy atom. The minimum absolute atomic E-state index is 0.156. The van der Waals surface area contributed by atoms with Crippen LogP contribution in [0.25, 0.3) is 0 Å². The van der Waals surface area contributed by atoms with Gasteiger partial charge >= 0.3 is 0 Å². The number of carbonyl (C=O) groups excluding carboxylic acids is 1. The quantitative estimate of drug-likeness (QED) is 0.329. The van der Waals surface area contributed by atoms with Crippen molar-refractivity contribution in [2.45, 2.75) is 38.4 Å². The predicted molar refractivity (Wildman–Crippen MR) is 78.2 cm³/mol. The van der Waals surface area contributed by atoms with Gasteiger partial charge in [0.1, 0.15) is 0 Å². The van der Waals surface area contributed by atoms with Crippen LogP contribution in [0.15, 0.2) is 24.3 Å². The lowest BCUT2D eigenvalue weighted by Gasteiger charge is -2.04. The van der Waals surface area contributed by atoms with E-state index in [1.165, 1.54) is 30.6 Å². The zero-order valence-corrected chi connectivity index (χ0v) is 11.8. The average Bonchev–Trinajstić information content (AvgIpc) is 2.40. The Balaban J connectivity index is 2.29. The van der Waals surface area contributed by atoms with Crippen LogP contribution in [-0.4, -0.2) is 11.7 Å². The summed E-state index contributed by atoms with van der Waals surface area (Å²) in [6, 6.07) is 8.17. The summed E-state index contributed by atoms with van der Waals surface area (Å²) in [5.74, 6) is 7.17. The molecule has 18 heavy (non-hydrogen) atoms. The van der Waals surface area contributed by atoms with Crippen molar-refractivity contribution in [1.82, 2.24) is 5.43 Å². The molecule has 1 rings (SSSR count). The molecule has 1 aromatic rings. The van der Waals surface area contributed by atoms with Crippen LogP contribution in [0.5, 0.6) is 0 Å². The first-order valence-electron chi connectivity index (χ1n) is 6.41. The summed E-state index contributed by atoms with van der Waals surface area (Å²) in [5.41, 5.74) is 4.45. The number of amides is 1. The van der Waals surface area contributed by atoms with Crippen molar-refractivity contribution in [2.75, 3.05) is 5.75 Å². The summed E-state index contributed by atoms with van der Waals surface area (Å²) in [6.45, 7) is 2.22. The molecular formula is C14H22N2OS. The Morgan fingerprint density at radius 3 is 2.50 bits per heavy atom. The van der Waals surface area contributed by atoms with Gasteiger partial charge in [-0.3, -0.25) is 10.2 Å². The van der Waals surface area contributed by atoms with Crippen molar-refractivity contribution in [3.63, 3.8) is 0 Å². The summed E-state index contributed by atoms with van der Waals surface area (Å²) in [6.07, 6.45) is 4.24. The summed E-state index contributed by atoms with van der Waals surface area (Å²) >= 11 is 1.97. The maximum Gasteiger partial charge on any atom is 0.238 e. The third-order valence-electron chi connectivity index (χ3n) is 2.71. The highest BCUT2D eigenvalue weighted by Gasteiger charge is 2.01. The number of nitrogens with two attached hydrogens (primary N) is 1. The van der Waals surface area contributed by atoms with Crippen LogP contribution in [0.2, 0.25) is 0 Å². The van der Waals surface area contributed by atoms with E-state index < -0.39 is 0 Å². The van der Waals surface area contributed by atoms with Crippen molar-refractivity contribution in [3.05, 3.63) is 35.4 Å². The lowest BCUT2D eigenvalue weighted by molar-refractivity contribution is -0.120. The Bertz CT molecular complexity index is 351. The number of carbonyl (C=O) groups is 1.